The minimum atomic E-state index is 0.965. The van der Waals surface area contributed by atoms with Crippen molar-refractivity contribution in [2.45, 2.75) is 12.8 Å². The lowest BCUT2D eigenvalue weighted by Crippen LogP contribution is -1.58. The van der Waals surface area contributed by atoms with Crippen molar-refractivity contribution in [2.75, 3.05) is 0 Å². The molecule has 0 bridgehead atoms. The maximum atomic E-state index is 3.73. The first-order valence-corrected chi connectivity index (χ1v) is 3.82. The van der Waals surface area contributed by atoms with Gasteiger partial charge in [0.15, 0.2) is 0 Å². The van der Waals surface area contributed by atoms with Crippen LogP contribution in [0.25, 0.3) is 0 Å². The van der Waals surface area contributed by atoms with E-state index >= 15 is 0 Å². The predicted octanol–water partition coefficient (Wildman–Crippen LogP) is 3.46. The summed E-state index contributed by atoms with van der Waals surface area (Å²) in [6.07, 6.45) is 15.7. The Balaban J connectivity index is 3.42. The summed E-state index contributed by atoms with van der Waals surface area (Å²) in [7, 11) is 0. The zero-order valence-corrected chi connectivity index (χ0v) is 6.87. The second-order valence-electron chi connectivity index (χ2n) is 2.08. The van der Waals surface area contributed by atoms with Crippen LogP contribution in [0.4, 0.5) is 0 Å². The summed E-state index contributed by atoms with van der Waals surface area (Å²) in [5.74, 6) is 0. The summed E-state index contributed by atoms with van der Waals surface area (Å²) in [5, 5.41) is 0. The number of allylic oxidation sites excluding steroid dienone is 7. The van der Waals surface area contributed by atoms with Crippen LogP contribution in [0.1, 0.15) is 12.8 Å². The molecule has 0 unspecified atom stereocenters. The third-order valence-electron chi connectivity index (χ3n) is 1.09. The molecule has 0 spiro atoms. The van der Waals surface area contributed by atoms with Gasteiger partial charge in [-0.1, -0.05) is 56.0 Å². The van der Waals surface area contributed by atoms with Gasteiger partial charge in [0.1, 0.15) is 0 Å². The molecule has 0 heterocycles. The molecule has 0 saturated heterocycles. The molecule has 0 aliphatic rings. The summed E-state index contributed by atoms with van der Waals surface area (Å²) in [4.78, 5) is 0. The maximum absolute atomic E-state index is 3.73. The van der Waals surface area contributed by atoms with E-state index in [0.29, 0.717) is 0 Å². The minimum absolute atomic E-state index is 0.965. The van der Waals surface area contributed by atoms with E-state index in [0.717, 1.165) is 12.8 Å². The molecule has 0 aliphatic carbocycles. The number of rotatable bonds is 5. The van der Waals surface area contributed by atoms with Gasteiger partial charge >= 0.3 is 0 Å². The topological polar surface area (TPSA) is 0 Å². The summed E-state index contributed by atoms with van der Waals surface area (Å²) in [5.41, 5.74) is 0. The highest BCUT2D eigenvalue weighted by atomic mass is 13.7. The smallest absolute Gasteiger partial charge is 0.0348 e. The Morgan fingerprint density at radius 1 is 0.909 bits per heavy atom. The zero-order chi connectivity index (χ0) is 8.36. The van der Waals surface area contributed by atoms with Crippen LogP contribution in [0, 0.1) is 6.92 Å². The van der Waals surface area contributed by atoms with Crippen molar-refractivity contribution in [2.24, 2.45) is 0 Å². The highest BCUT2D eigenvalue weighted by molar-refractivity contribution is 5.14. The molecule has 0 aromatic heterocycles. The molecule has 1 radical (unpaired) electrons. The Bertz CT molecular complexity index is 159. The average molecular weight is 147 g/mol. The first-order chi connectivity index (χ1) is 5.41. The standard InChI is InChI=1S/C11H15/c1-3-5-7-9-11-10-8-6-4-2/h3,5,7-11H,1-2,4,6H2. The van der Waals surface area contributed by atoms with Crippen LogP contribution >= 0.6 is 0 Å². The summed E-state index contributed by atoms with van der Waals surface area (Å²) in [6, 6.07) is 0. The number of hydrogen-bond acceptors (Lipinski definition) is 0. The van der Waals surface area contributed by atoms with Gasteiger partial charge in [-0.05, 0) is 12.8 Å². The first kappa shape index (κ1) is 9.96. The van der Waals surface area contributed by atoms with Crippen molar-refractivity contribution in [1.82, 2.24) is 0 Å². The van der Waals surface area contributed by atoms with Crippen LogP contribution in [0.2, 0.25) is 0 Å². The van der Waals surface area contributed by atoms with E-state index in [1.165, 1.54) is 0 Å². The molecule has 0 N–H and O–H groups in total. The summed E-state index contributed by atoms with van der Waals surface area (Å²) in [6.45, 7) is 7.29. The Hall–Kier alpha value is -1.04. The molecule has 0 fully saturated rings. The van der Waals surface area contributed by atoms with E-state index in [2.05, 4.69) is 19.6 Å². The lowest BCUT2D eigenvalue weighted by molar-refractivity contribution is 1.05. The average Bonchev–Trinajstić information content (AvgIpc) is 2.03. The van der Waals surface area contributed by atoms with Gasteiger partial charge in [0.05, 0.1) is 0 Å². The first-order valence-electron chi connectivity index (χ1n) is 3.82. The van der Waals surface area contributed by atoms with Crippen molar-refractivity contribution in [3.05, 3.63) is 56.0 Å². The third-order valence-corrected chi connectivity index (χ3v) is 1.09. The normalized spacial score (nSPS) is 12.1. The van der Waals surface area contributed by atoms with Crippen LogP contribution in [0.3, 0.4) is 0 Å². The van der Waals surface area contributed by atoms with Crippen LogP contribution < -0.4 is 0 Å². The summed E-state index contributed by atoms with van der Waals surface area (Å²) < 4.78 is 0. The van der Waals surface area contributed by atoms with Crippen molar-refractivity contribution in [3.8, 4) is 0 Å². The van der Waals surface area contributed by atoms with Crippen LogP contribution in [-0.2, 0) is 0 Å². The molecule has 0 nitrogen and oxygen atoms in total. The van der Waals surface area contributed by atoms with E-state index in [4.69, 9.17) is 0 Å². The third kappa shape index (κ3) is 8.96. The monoisotopic (exact) mass is 147 g/mol. The van der Waals surface area contributed by atoms with Gasteiger partial charge in [-0.25, -0.2) is 0 Å². The highest BCUT2D eigenvalue weighted by Gasteiger charge is 1.68. The Labute approximate surface area is 69.6 Å². The molecule has 0 rings (SSSR count). The molecule has 11 heavy (non-hydrogen) atoms. The van der Waals surface area contributed by atoms with Crippen molar-refractivity contribution < 1.29 is 0 Å². The molecule has 0 amide bonds. The molecule has 0 heteroatoms. The Kier molecular flexibility index (Phi) is 8.11. The van der Waals surface area contributed by atoms with Gasteiger partial charge in [-0.3, -0.25) is 0 Å². The zero-order valence-electron chi connectivity index (χ0n) is 6.87. The highest BCUT2D eigenvalue weighted by Crippen LogP contribution is 1.88. The molecule has 0 saturated carbocycles. The second kappa shape index (κ2) is 8.96. The molecule has 0 atom stereocenters. The Morgan fingerprint density at radius 3 is 2.18 bits per heavy atom. The fourth-order valence-corrected chi connectivity index (χ4v) is 0.564. The molecule has 0 aromatic carbocycles. The van der Waals surface area contributed by atoms with Gasteiger partial charge in [-0.2, -0.15) is 0 Å². The van der Waals surface area contributed by atoms with Gasteiger partial charge < -0.3 is 0 Å². The van der Waals surface area contributed by atoms with Crippen LogP contribution in [0.15, 0.2) is 49.1 Å². The van der Waals surface area contributed by atoms with Gasteiger partial charge in [0.2, 0.25) is 0 Å². The predicted molar refractivity (Wildman–Crippen MR) is 52.2 cm³/mol. The van der Waals surface area contributed by atoms with Crippen molar-refractivity contribution >= 4 is 0 Å². The fourth-order valence-electron chi connectivity index (χ4n) is 0.564. The number of unbranched alkanes of at least 4 members (excludes halogenated alkanes) is 1. The van der Waals surface area contributed by atoms with E-state index < -0.39 is 0 Å². The molecule has 59 valence electrons. The van der Waals surface area contributed by atoms with Crippen LogP contribution in [-0.4, -0.2) is 0 Å². The molecular weight excluding hydrogens is 132 g/mol. The van der Waals surface area contributed by atoms with E-state index in [9.17, 15) is 0 Å². The lowest BCUT2D eigenvalue weighted by atomic mass is 10.3. The maximum Gasteiger partial charge on any atom is -0.0348 e. The summed E-state index contributed by atoms with van der Waals surface area (Å²) >= 11 is 0. The fraction of sp³-hybridized carbons (Fsp3) is 0.182. The van der Waals surface area contributed by atoms with Crippen LogP contribution in [0.5, 0.6) is 0 Å². The van der Waals surface area contributed by atoms with E-state index in [1.54, 1.807) is 6.08 Å². The minimum Gasteiger partial charge on any atom is -0.0991 e. The largest absolute Gasteiger partial charge is 0.0991 e. The second-order valence-corrected chi connectivity index (χ2v) is 2.08. The molecular formula is C11H15. The Morgan fingerprint density at radius 2 is 1.55 bits per heavy atom. The SMILES string of the molecule is [CH2]CCC=CC=CC=CC=C. The lowest BCUT2D eigenvalue weighted by Gasteiger charge is -1.78. The van der Waals surface area contributed by atoms with Gasteiger partial charge in [-0.15, -0.1) is 0 Å². The van der Waals surface area contributed by atoms with Gasteiger partial charge in [0, 0.05) is 0 Å². The quantitative estimate of drug-likeness (QED) is 0.522. The number of hydrogen-bond donors (Lipinski definition) is 0. The molecule has 0 aromatic rings. The van der Waals surface area contributed by atoms with Crippen molar-refractivity contribution in [3.63, 3.8) is 0 Å². The van der Waals surface area contributed by atoms with E-state index in [-0.39, 0.29) is 0 Å². The van der Waals surface area contributed by atoms with E-state index in [1.807, 2.05) is 30.4 Å². The van der Waals surface area contributed by atoms with Gasteiger partial charge in [0.25, 0.3) is 0 Å². The van der Waals surface area contributed by atoms with Crippen molar-refractivity contribution in [1.29, 1.82) is 0 Å². The molecule has 0 aliphatic heterocycles.